The van der Waals surface area contributed by atoms with Gasteiger partial charge in [-0.05, 0) is 37.1 Å². The molecule has 1 saturated heterocycles. The van der Waals surface area contributed by atoms with E-state index in [1.807, 2.05) is 12.1 Å². The van der Waals surface area contributed by atoms with Crippen LogP contribution in [-0.4, -0.2) is 36.8 Å². The molecule has 0 aromatic heterocycles. The van der Waals surface area contributed by atoms with Crippen LogP contribution in [0.15, 0.2) is 24.3 Å². The van der Waals surface area contributed by atoms with E-state index in [2.05, 4.69) is 24.1 Å². The topological polar surface area (TPSA) is 49.5 Å². The summed E-state index contributed by atoms with van der Waals surface area (Å²) in [5.74, 6) is 0.568. The molecule has 1 heterocycles. The monoisotopic (exact) mass is 220 g/mol. The SMILES string of the molecule is CN1CCC(c2ccccc2C(N)CO)C1. The predicted octanol–water partition coefficient (Wildman–Crippen LogP) is 1.10. The predicted molar refractivity (Wildman–Crippen MR) is 65.3 cm³/mol. The second kappa shape index (κ2) is 4.95. The van der Waals surface area contributed by atoms with Gasteiger partial charge in [0.25, 0.3) is 0 Å². The maximum absolute atomic E-state index is 9.17. The van der Waals surface area contributed by atoms with E-state index in [1.54, 1.807) is 0 Å². The molecule has 2 rings (SSSR count). The third-order valence-electron chi connectivity index (χ3n) is 3.42. The molecular formula is C13H20N2O. The summed E-state index contributed by atoms with van der Waals surface area (Å²) in [5, 5.41) is 9.17. The van der Waals surface area contributed by atoms with Gasteiger partial charge < -0.3 is 15.7 Å². The van der Waals surface area contributed by atoms with Crippen LogP contribution in [-0.2, 0) is 0 Å². The Balaban J connectivity index is 2.26. The molecule has 1 aliphatic rings. The number of likely N-dealkylation sites (tertiary alicyclic amines) is 1. The molecule has 0 bridgehead atoms. The summed E-state index contributed by atoms with van der Waals surface area (Å²) in [6.07, 6.45) is 1.19. The zero-order valence-corrected chi connectivity index (χ0v) is 9.76. The first-order chi connectivity index (χ1) is 7.72. The standard InChI is InChI=1S/C13H20N2O/c1-15-7-6-10(8-15)11-4-2-3-5-12(11)13(14)9-16/h2-5,10,13,16H,6-9,14H2,1H3. The first-order valence-electron chi connectivity index (χ1n) is 5.86. The van der Waals surface area contributed by atoms with Crippen molar-refractivity contribution in [3.8, 4) is 0 Å². The summed E-state index contributed by atoms with van der Waals surface area (Å²) in [4.78, 5) is 2.34. The summed E-state index contributed by atoms with van der Waals surface area (Å²) >= 11 is 0. The van der Waals surface area contributed by atoms with Crippen LogP contribution in [0.3, 0.4) is 0 Å². The largest absolute Gasteiger partial charge is 0.394 e. The molecule has 1 aromatic carbocycles. The molecule has 3 N–H and O–H groups in total. The Morgan fingerprint density at radius 3 is 2.88 bits per heavy atom. The van der Waals surface area contributed by atoms with Crippen LogP contribution in [0.4, 0.5) is 0 Å². The summed E-state index contributed by atoms with van der Waals surface area (Å²) in [7, 11) is 2.15. The molecule has 1 fully saturated rings. The fraction of sp³-hybridized carbons (Fsp3) is 0.538. The van der Waals surface area contributed by atoms with E-state index in [9.17, 15) is 5.11 Å². The van der Waals surface area contributed by atoms with Crippen molar-refractivity contribution in [1.29, 1.82) is 0 Å². The quantitative estimate of drug-likeness (QED) is 0.802. The Morgan fingerprint density at radius 1 is 1.50 bits per heavy atom. The Kier molecular flexibility index (Phi) is 3.59. The van der Waals surface area contributed by atoms with Crippen LogP contribution in [0.5, 0.6) is 0 Å². The van der Waals surface area contributed by atoms with Crippen LogP contribution >= 0.6 is 0 Å². The van der Waals surface area contributed by atoms with Gasteiger partial charge in [0, 0.05) is 6.54 Å². The van der Waals surface area contributed by atoms with Gasteiger partial charge in [-0.2, -0.15) is 0 Å². The van der Waals surface area contributed by atoms with Crippen LogP contribution < -0.4 is 5.73 Å². The minimum absolute atomic E-state index is 0.0135. The van der Waals surface area contributed by atoms with E-state index >= 15 is 0 Å². The van der Waals surface area contributed by atoms with Gasteiger partial charge in [-0.25, -0.2) is 0 Å². The van der Waals surface area contributed by atoms with Crippen molar-refractivity contribution < 1.29 is 5.11 Å². The number of aliphatic hydroxyl groups excluding tert-OH is 1. The van der Waals surface area contributed by atoms with E-state index in [-0.39, 0.29) is 12.6 Å². The molecule has 1 aliphatic heterocycles. The maximum atomic E-state index is 9.17. The Bertz CT molecular complexity index is 354. The molecule has 3 nitrogen and oxygen atoms in total. The molecule has 0 spiro atoms. The zero-order chi connectivity index (χ0) is 11.5. The maximum Gasteiger partial charge on any atom is 0.0624 e. The van der Waals surface area contributed by atoms with Crippen LogP contribution in [0.2, 0.25) is 0 Å². The highest BCUT2D eigenvalue weighted by Gasteiger charge is 2.24. The van der Waals surface area contributed by atoms with E-state index < -0.39 is 0 Å². The Hall–Kier alpha value is -0.900. The smallest absolute Gasteiger partial charge is 0.0624 e. The third kappa shape index (κ3) is 2.26. The number of aliphatic hydroxyl groups is 1. The molecule has 1 aromatic rings. The minimum atomic E-state index is -0.248. The fourth-order valence-corrected chi connectivity index (χ4v) is 2.51. The molecule has 0 aliphatic carbocycles. The van der Waals surface area contributed by atoms with Crippen molar-refractivity contribution in [3.05, 3.63) is 35.4 Å². The zero-order valence-electron chi connectivity index (χ0n) is 9.76. The van der Waals surface area contributed by atoms with Crippen molar-refractivity contribution in [2.45, 2.75) is 18.4 Å². The summed E-state index contributed by atoms with van der Waals surface area (Å²) in [6.45, 7) is 2.25. The molecule has 3 heteroatoms. The number of benzene rings is 1. The van der Waals surface area contributed by atoms with Gasteiger partial charge in [-0.15, -0.1) is 0 Å². The van der Waals surface area contributed by atoms with Crippen LogP contribution in [0, 0.1) is 0 Å². The van der Waals surface area contributed by atoms with E-state index in [4.69, 9.17) is 5.73 Å². The number of hydrogen-bond acceptors (Lipinski definition) is 3. The number of nitrogens with two attached hydrogens (primary N) is 1. The normalized spacial score (nSPS) is 23.6. The number of likely N-dealkylation sites (N-methyl/N-ethyl adjacent to an activating group) is 1. The van der Waals surface area contributed by atoms with E-state index in [1.165, 1.54) is 12.0 Å². The molecule has 88 valence electrons. The lowest BCUT2D eigenvalue weighted by atomic mass is 9.90. The molecule has 2 unspecified atom stereocenters. The van der Waals surface area contributed by atoms with Crippen molar-refractivity contribution in [3.63, 3.8) is 0 Å². The van der Waals surface area contributed by atoms with Crippen molar-refractivity contribution in [2.75, 3.05) is 26.7 Å². The van der Waals surface area contributed by atoms with Gasteiger partial charge >= 0.3 is 0 Å². The van der Waals surface area contributed by atoms with E-state index in [0.29, 0.717) is 5.92 Å². The lowest BCUT2D eigenvalue weighted by Crippen LogP contribution is -2.19. The highest BCUT2D eigenvalue weighted by atomic mass is 16.3. The van der Waals surface area contributed by atoms with E-state index in [0.717, 1.165) is 18.7 Å². The van der Waals surface area contributed by atoms with Crippen LogP contribution in [0.25, 0.3) is 0 Å². The first-order valence-corrected chi connectivity index (χ1v) is 5.86. The average molecular weight is 220 g/mol. The molecule has 2 atom stereocenters. The van der Waals surface area contributed by atoms with Gasteiger partial charge in [-0.3, -0.25) is 0 Å². The molecule has 0 amide bonds. The summed E-state index contributed by atoms with van der Waals surface area (Å²) in [5.41, 5.74) is 8.35. The van der Waals surface area contributed by atoms with Gasteiger partial charge in [0.05, 0.1) is 12.6 Å². The molecule has 0 saturated carbocycles. The second-order valence-corrected chi connectivity index (χ2v) is 4.67. The minimum Gasteiger partial charge on any atom is -0.394 e. The molecule has 16 heavy (non-hydrogen) atoms. The van der Waals surface area contributed by atoms with Gasteiger partial charge in [0.2, 0.25) is 0 Å². The van der Waals surface area contributed by atoms with Crippen molar-refractivity contribution in [2.24, 2.45) is 5.73 Å². The lowest BCUT2D eigenvalue weighted by molar-refractivity contribution is 0.267. The molecule has 0 radical (unpaired) electrons. The number of nitrogens with zero attached hydrogens (tertiary/aromatic N) is 1. The number of rotatable bonds is 3. The third-order valence-corrected chi connectivity index (χ3v) is 3.42. The Morgan fingerprint density at radius 2 is 2.25 bits per heavy atom. The van der Waals surface area contributed by atoms with Crippen LogP contribution in [0.1, 0.15) is 29.5 Å². The summed E-state index contributed by atoms with van der Waals surface area (Å²) < 4.78 is 0. The average Bonchev–Trinajstić information content (AvgIpc) is 2.75. The highest BCUT2D eigenvalue weighted by molar-refractivity contribution is 5.33. The molecular weight excluding hydrogens is 200 g/mol. The second-order valence-electron chi connectivity index (χ2n) is 4.67. The first kappa shape index (κ1) is 11.6. The van der Waals surface area contributed by atoms with Crippen molar-refractivity contribution >= 4 is 0 Å². The van der Waals surface area contributed by atoms with Crippen molar-refractivity contribution in [1.82, 2.24) is 4.90 Å². The van der Waals surface area contributed by atoms with Gasteiger partial charge in [0.1, 0.15) is 0 Å². The fourth-order valence-electron chi connectivity index (χ4n) is 2.51. The lowest BCUT2D eigenvalue weighted by Gasteiger charge is -2.19. The van der Waals surface area contributed by atoms with Gasteiger partial charge in [-0.1, -0.05) is 24.3 Å². The highest BCUT2D eigenvalue weighted by Crippen LogP contribution is 2.30. The summed E-state index contributed by atoms with van der Waals surface area (Å²) in [6, 6.07) is 7.99. The number of hydrogen-bond donors (Lipinski definition) is 2. The van der Waals surface area contributed by atoms with Gasteiger partial charge in [0.15, 0.2) is 0 Å². The Labute approximate surface area is 96.9 Å².